The molecule has 1 aromatic heterocycles. The minimum atomic E-state index is -0.877. The normalized spacial score (nSPS) is 11.7. The van der Waals surface area contributed by atoms with Gasteiger partial charge >= 0.3 is 11.7 Å². The van der Waals surface area contributed by atoms with E-state index in [-0.39, 0.29) is 32.5 Å². The third kappa shape index (κ3) is 2.89. The minimum Gasteiger partial charge on any atom is -0.805 e. The number of halogens is 2. The smallest absolute Gasteiger partial charge is 0.411 e. The second kappa shape index (κ2) is 5.44. The number of fused-ring (bicyclic) bond motifs is 1. The van der Waals surface area contributed by atoms with Crippen LogP contribution in [-0.2, 0) is 4.74 Å². The van der Waals surface area contributed by atoms with Gasteiger partial charge in [0.15, 0.2) is 0 Å². The predicted octanol–water partition coefficient (Wildman–Crippen LogP) is 3.47. The summed E-state index contributed by atoms with van der Waals surface area (Å²) in [6.45, 7) is 6.36. The summed E-state index contributed by atoms with van der Waals surface area (Å²) in [5.41, 5.74) is -1.28. The Hall–Kier alpha value is -1.79. The summed E-state index contributed by atoms with van der Waals surface area (Å²) in [5, 5.41) is 12.5. The molecule has 0 fully saturated rings. The molecule has 0 aliphatic carbocycles. The summed E-state index contributed by atoms with van der Waals surface area (Å²) in [5.74, 6) is -0.877. The van der Waals surface area contributed by atoms with Gasteiger partial charge in [-0.15, -0.1) is 0 Å². The number of carbonyl (C=O) groups excluding carboxylic acids is 1. The lowest BCUT2D eigenvalue weighted by molar-refractivity contribution is -0.469. The summed E-state index contributed by atoms with van der Waals surface area (Å²) in [7, 11) is 0. The topological polar surface area (TPSA) is 77.3 Å². The summed E-state index contributed by atoms with van der Waals surface area (Å²) >= 11 is 11.7. The maximum atomic E-state index is 12.5. The Labute approximate surface area is 136 Å². The Kier molecular flexibility index (Phi) is 4.10. The molecule has 0 N–H and O–H groups in total. The van der Waals surface area contributed by atoms with Gasteiger partial charge < -0.3 is 14.7 Å². The third-order valence-electron chi connectivity index (χ3n) is 2.90. The zero-order valence-electron chi connectivity index (χ0n) is 12.4. The van der Waals surface area contributed by atoms with E-state index in [4.69, 9.17) is 27.9 Å². The lowest BCUT2D eigenvalue weighted by atomic mass is 10.2. The van der Waals surface area contributed by atoms with Crippen molar-refractivity contribution in [2.45, 2.75) is 33.3 Å². The predicted molar refractivity (Wildman–Crippen MR) is 84.0 cm³/mol. The lowest BCUT2D eigenvalue weighted by Gasteiger charge is -2.20. The van der Waals surface area contributed by atoms with Crippen molar-refractivity contribution in [2.24, 2.45) is 0 Å². The van der Waals surface area contributed by atoms with Crippen LogP contribution in [0.1, 0.15) is 37.0 Å². The highest BCUT2D eigenvalue weighted by Crippen LogP contribution is 2.27. The first-order chi connectivity index (χ1) is 10.0. The second-order valence-electron chi connectivity index (χ2n) is 5.78. The van der Waals surface area contributed by atoms with Crippen molar-refractivity contribution in [3.63, 3.8) is 0 Å². The number of esters is 1. The van der Waals surface area contributed by atoms with Gasteiger partial charge in [0, 0.05) is 11.0 Å². The van der Waals surface area contributed by atoms with Gasteiger partial charge in [-0.25, -0.2) is 4.79 Å². The molecule has 0 saturated heterocycles. The van der Waals surface area contributed by atoms with Gasteiger partial charge in [0.25, 0.3) is 5.52 Å². The fraction of sp³-hybridized carbons (Fsp3) is 0.357. The molecule has 0 aliphatic rings. The van der Waals surface area contributed by atoms with Crippen molar-refractivity contribution in [1.29, 1.82) is 0 Å². The molecule has 6 nitrogen and oxygen atoms in total. The van der Waals surface area contributed by atoms with Crippen LogP contribution in [0.5, 0.6) is 0 Å². The first-order valence-corrected chi connectivity index (χ1v) is 7.16. The molecular weight excluding hydrogens is 331 g/mol. The Morgan fingerprint density at radius 2 is 1.82 bits per heavy atom. The Balaban J connectivity index is 2.79. The molecular formula is C14H14Cl2N2O4. The molecule has 0 spiro atoms. The molecule has 0 bridgehead atoms. The molecule has 8 heteroatoms. The van der Waals surface area contributed by atoms with Crippen molar-refractivity contribution in [1.82, 2.24) is 4.73 Å². The van der Waals surface area contributed by atoms with Gasteiger partial charge in [-0.3, -0.25) is 0 Å². The van der Waals surface area contributed by atoms with Crippen LogP contribution in [0.2, 0.25) is 10.0 Å². The maximum Gasteiger partial charge on any atom is 0.411 e. The SMILES string of the molecule is Cc1c(C(=O)OC(C)(C)C)[n+](=O)c2cc(Cl)c(Cl)cc2n1[O-]. The fourth-order valence-electron chi connectivity index (χ4n) is 1.95. The lowest BCUT2D eigenvalue weighted by Crippen LogP contribution is -2.34. The second-order valence-corrected chi connectivity index (χ2v) is 6.59. The molecule has 0 aliphatic heterocycles. The molecule has 1 heterocycles. The Morgan fingerprint density at radius 1 is 1.27 bits per heavy atom. The summed E-state index contributed by atoms with van der Waals surface area (Å²) in [6, 6.07) is 2.53. The van der Waals surface area contributed by atoms with E-state index < -0.39 is 11.6 Å². The van der Waals surface area contributed by atoms with Crippen LogP contribution in [0.4, 0.5) is 0 Å². The van der Waals surface area contributed by atoms with Gasteiger partial charge in [-0.2, -0.15) is 0 Å². The molecule has 0 amide bonds. The van der Waals surface area contributed by atoms with Crippen molar-refractivity contribution < 1.29 is 14.0 Å². The van der Waals surface area contributed by atoms with Crippen LogP contribution in [-0.4, -0.2) is 16.3 Å². The van der Waals surface area contributed by atoms with E-state index in [1.54, 1.807) is 20.8 Å². The zero-order valence-corrected chi connectivity index (χ0v) is 13.9. The molecule has 22 heavy (non-hydrogen) atoms. The molecule has 0 atom stereocenters. The Bertz CT molecular complexity index is 838. The molecule has 2 rings (SSSR count). The number of aromatic nitrogens is 2. The van der Waals surface area contributed by atoms with E-state index in [0.717, 1.165) is 0 Å². The summed E-state index contributed by atoms with van der Waals surface area (Å²) < 4.78 is 5.98. The maximum absolute atomic E-state index is 12.5. The molecule has 0 saturated carbocycles. The van der Waals surface area contributed by atoms with E-state index in [1.807, 2.05) is 0 Å². The standard InChI is InChI=1S/C14H14Cl2N2O4/c1-7-12(13(19)22-14(2,3)4)18(21)11-6-9(16)8(15)5-10(11)17(7)20/h5-6H,1-4H3. The quantitative estimate of drug-likeness (QED) is 0.586. The van der Waals surface area contributed by atoms with Crippen LogP contribution >= 0.6 is 23.2 Å². The molecule has 0 unspecified atom stereocenters. The number of benzene rings is 1. The average Bonchev–Trinajstić information content (AvgIpc) is 2.36. The van der Waals surface area contributed by atoms with Crippen molar-refractivity contribution in [3.05, 3.63) is 43.7 Å². The first-order valence-electron chi connectivity index (χ1n) is 6.40. The van der Waals surface area contributed by atoms with E-state index in [1.165, 1.54) is 19.1 Å². The third-order valence-corrected chi connectivity index (χ3v) is 3.62. The fourth-order valence-corrected chi connectivity index (χ4v) is 2.27. The number of carbonyl (C=O) groups is 1. The van der Waals surface area contributed by atoms with Crippen LogP contribution in [0.25, 0.3) is 11.0 Å². The number of rotatable bonds is 1. The van der Waals surface area contributed by atoms with E-state index in [0.29, 0.717) is 9.16 Å². The minimum absolute atomic E-state index is 0.0224. The van der Waals surface area contributed by atoms with Crippen LogP contribution in [0, 0.1) is 17.0 Å². The highest BCUT2D eigenvalue weighted by Gasteiger charge is 2.31. The van der Waals surface area contributed by atoms with E-state index in [2.05, 4.69) is 0 Å². The largest absolute Gasteiger partial charge is 0.805 e. The van der Waals surface area contributed by atoms with Crippen LogP contribution in [0.15, 0.2) is 12.1 Å². The van der Waals surface area contributed by atoms with Crippen molar-refractivity contribution >= 4 is 40.2 Å². The van der Waals surface area contributed by atoms with Gasteiger partial charge in [0.1, 0.15) is 11.1 Å². The van der Waals surface area contributed by atoms with Crippen LogP contribution < -0.4 is 4.43 Å². The van der Waals surface area contributed by atoms with Crippen molar-refractivity contribution in [2.75, 3.05) is 0 Å². The zero-order chi connectivity index (χ0) is 16.8. The van der Waals surface area contributed by atoms with E-state index >= 15 is 0 Å². The number of hydrogen-bond acceptors (Lipinski definition) is 4. The molecule has 1 aromatic carbocycles. The highest BCUT2D eigenvalue weighted by atomic mass is 35.5. The van der Waals surface area contributed by atoms with Crippen LogP contribution in [0.3, 0.4) is 0 Å². The van der Waals surface area contributed by atoms with Crippen molar-refractivity contribution in [3.8, 4) is 0 Å². The van der Waals surface area contributed by atoms with Gasteiger partial charge in [-0.1, -0.05) is 23.2 Å². The van der Waals surface area contributed by atoms with E-state index in [9.17, 15) is 14.9 Å². The number of ether oxygens (including phenoxy) is 1. The number of nitrogens with zero attached hydrogens (tertiary/aromatic N) is 2. The highest BCUT2D eigenvalue weighted by molar-refractivity contribution is 6.42. The number of hydrogen-bond donors (Lipinski definition) is 0. The molecule has 0 radical (unpaired) electrons. The summed E-state index contributed by atoms with van der Waals surface area (Å²) in [4.78, 5) is 24.6. The molecule has 2 aromatic rings. The summed E-state index contributed by atoms with van der Waals surface area (Å²) in [6.07, 6.45) is 0. The van der Waals surface area contributed by atoms with Gasteiger partial charge in [0.2, 0.25) is 0 Å². The van der Waals surface area contributed by atoms with Gasteiger partial charge in [0.05, 0.1) is 20.2 Å². The first kappa shape index (κ1) is 16.6. The van der Waals surface area contributed by atoms with Gasteiger partial charge in [-0.05, 0) is 33.8 Å². The molecule has 118 valence electrons. The Morgan fingerprint density at radius 3 is 2.36 bits per heavy atom. The average molecular weight is 345 g/mol. The monoisotopic (exact) mass is 344 g/mol.